The Bertz CT molecular complexity index is 1050. The van der Waals surface area contributed by atoms with Crippen molar-refractivity contribution in [2.24, 2.45) is 0 Å². The molecule has 0 radical (unpaired) electrons. The molecule has 1 aliphatic heterocycles. The average Bonchev–Trinajstić information content (AvgIpc) is 2.81. The number of nitrogens with one attached hydrogen (secondary N) is 1. The van der Waals surface area contributed by atoms with Gasteiger partial charge in [-0.15, -0.1) is 0 Å². The van der Waals surface area contributed by atoms with Crippen molar-refractivity contribution in [1.29, 1.82) is 0 Å². The van der Waals surface area contributed by atoms with E-state index in [0.29, 0.717) is 5.56 Å². The fraction of sp³-hybridized carbons (Fsp3) is 0.222. The van der Waals surface area contributed by atoms with Crippen molar-refractivity contribution in [3.63, 3.8) is 0 Å². The van der Waals surface area contributed by atoms with Crippen LogP contribution in [0.2, 0.25) is 5.02 Å². The van der Waals surface area contributed by atoms with Gasteiger partial charge in [0.1, 0.15) is 10.7 Å². The van der Waals surface area contributed by atoms with Crippen molar-refractivity contribution < 1.29 is 22.4 Å². The molecular formula is C18H16ClFN2O4S. The molecule has 0 bridgehead atoms. The van der Waals surface area contributed by atoms with Crippen LogP contribution in [-0.2, 0) is 16.6 Å². The predicted octanol–water partition coefficient (Wildman–Crippen LogP) is 2.96. The maximum Gasteiger partial charge on any atom is 0.269 e. The number of sulfonamides is 1. The summed E-state index contributed by atoms with van der Waals surface area (Å²) in [7, 11) is -3.98. The van der Waals surface area contributed by atoms with E-state index in [0.717, 1.165) is 4.31 Å². The molecule has 1 aliphatic rings. The van der Waals surface area contributed by atoms with Gasteiger partial charge in [-0.05, 0) is 49.7 Å². The molecule has 0 aromatic heterocycles. The van der Waals surface area contributed by atoms with Crippen LogP contribution in [0.15, 0.2) is 41.3 Å². The summed E-state index contributed by atoms with van der Waals surface area (Å²) in [6, 6.07) is 7.45. The van der Waals surface area contributed by atoms with E-state index < -0.39 is 33.7 Å². The standard InChI is InChI=1S/C18H16ClFN2O4S/c1-10(2)22-18(24)13-5-4-12(8-16(13)27(22,25)26)17(23)21-9-11-3-6-15(20)14(19)7-11/h3-8,10H,9H2,1-2H3,(H,21,23). The molecule has 0 aliphatic carbocycles. The number of fused-ring (bicyclic) bond motifs is 1. The van der Waals surface area contributed by atoms with Crippen LogP contribution < -0.4 is 5.32 Å². The zero-order valence-electron chi connectivity index (χ0n) is 14.5. The molecule has 1 heterocycles. The Morgan fingerprint density at radius 2 is 1.93 bits per heavy atom. The molecule has 3 rings (SSSR count). The smallest absolute Gasteiger partial charge is 0.269 e. The van der Waals surface area contributed by atoms with Crippen molar-refractivity contribution in [1.82, 2.24) is 9.62 Å². The lowest BCUT2D eigenvalue weighted by Gasteiger charge is -2.18. The summed E-state index contributed by atoms with van der Waals surface area (Å²) in [6.45, 7) is 3.28. The van der Waals surface area contributed by atoms with Crippen LogP contribution in [0, 0.1) is 5.82 Å². The van der Waals surface area contributed by atoms with E-state index in [1.807, 2.05) is 0 Å². The summed E-state index contributed by atoms with van der Waals surface area (Å²) in [5.41, 5.74) is 0.735. The highest BCUT2D eigenvalue weighted by molar-refractivity contribution is 7.90. The Balaban J connectivity index is 1.83. The quantitative estimate of drug-likeness (QED) is 0.839. The van der Waals surface area contributed by atoms with Crippen molar-refractivity contribution >= 4 is 33.4 Å². The fourth-order valence-corrected chi connectivity index (χ4v) is 4.83. The minimum Gasteiger partial charge on any atom is -0.348 e. The Hall–Kier alpha value is -2.45. The Labute approximate surface area is 161 Å². The third-order valence-corrected chi connectivity index (χ3v) is 6.41. The van der Waals surface area contributed by atoms with Crippen LogP contribution in [0.25, 0.3) is 0 Å². The number of halogens is 2. The molecule has 142 valence electrons. The summed E-state index contributed by atoms with van der Waals surface area (Å²) in [5, 5.41) is 2.55. The zero-order chi connectivity index (χ0) is 19.9. The second-order valence-electron chi connectivity index (χ2n) is 6.34. The third kappa shape index (κ3) is 3.42. The molecule has 2 aromatic rings. The second-order valence-corrected chi connectivity index (χ2v) is 8.53. The van der Waals surface area contributed by atoms with Crippen LogP contribution >= 0.6 is 11.6 Å². The van der Waals surface area contributed by atoms with Gasteiger partial charge in [0.05, 0.1) is 10.6 Å². The lowest BCUT2D eigenvalue weighted by molar-refractivity contribution is 0.0845. The summed E-state index contributed by atoms with van der Waals surface area (Å²) in [6.07, 6.45) is 0. The van der Waals surface area contributed by atoms with Gasteiger partial charge in [-0.2, -0.15) is 0 Å². The van der Waals surface area contributed by atoms with Gasteiger partial charge in [0, 0.05) is 18.2 Å². The van der Waals surface area contributed by atoms with Crippen molar-refractivity contribution in [2.75, 3.05) is 0 Å². The second kappa shape index (κ2) is 6.94. The van der Waals surface area contributed by atoms with Crippen molar-refractivity contribution in [3.05, 3.63) is 63.9 Å². The van der Waals surface area contributed by atoms with Gasteiger partial charge < -0.3 is 5.32 Å². The Morgan fingerprint density at radius 1 is 1.22 bits per heavy atom. The molecular weight excluding hydrogens is 395 g/mol. The number of rotatable bonds is 4. The van der Waals surface area contributed by atoms with Gasteiger partial charge in [0.25, 0.3) is 21.8 Å². The molecule has 0 atom stereocenters. The molecule has 1 N–H and O–H groups in total. The highest BCUT2D eigenvalue weighted by Crippen LogP contribution is 2.32. The highest BCUT2D eigenvalue weighted by atomic mass is 35.5. The molecule has 0 fully saturated rings. The average molecular weight is 411 g/mol. The molecule has 2 aromatic carbocycles. The summed E-state index contributed by atoms with van der Waals surface area (Å²) < 4.78 is 39.1. The van der Waals surface area contributed by atoms with Crippen LogP contribution in [0.3, 0.4) is 0 Å². The van der Waals surface area contributed by atoms with Gasteiger partial charge in [-0.25, -0.2) is 17.1 Å². The minimum absolute atomic E-state index is 0.0468. The zero-order valence-corrected chi connectivity index (χ0v) is 16.1. The summed E-state index contributed by atoms with van der Waals surface area (Å²) in [5.74, 6) is -1.69. The van der Waals surface area contributed by atoms with Gasteiger partial charge in [0.2, 0.25) is 0 Å². The topological polar surface area (TPSA) is 83.6 Å². The summed E-state index contributed by atoms with van der Waals surface area (Å²) >= 11 is 5.70. The Morgan fingerprint density at radius 3 is 2.56 bits per heavy atom. The first-order chi connectivity index (χ1) is 12.6. The first-order valence-electron chi connectivity index (χ1n) is 8.08. The number of hydrogen-bond acceptors (Lipinski definition) is 4. The fourth-order valence-electron chi connectivity index (χ4n) is 2.83. The maximum atomic E-state index is 13.2. The van der Waals surface area contributed by atoms with Crippen molar-refractivity contribution in [3.8, 4) is 0 Å². The molecule has 9 heteroatoms. The Kier molecular flexibility index (Phi) is 4.96. The van der Waals surface area contributed by atoms with Crippen LogP contribution in [-0.4, -0.2) is 30.6 Å². The van der Waals surface area contributed by atoms with Gasteiger partial charge in [0.15, 0.2) is 0 Å². The van der Waals surface area contributed by atoms with E-state index in [1.165, 1.54) is 36.4 Å². The third-order valence-electron chi connectivity index (χ3n) is 4.12. The number of amides is 2. The van der Waals surface area contributed by atoms with Crippen LogP contribution in [0.4, 0.5) is 4.39 Å². The molecule has 0 unspecified atom stereocenters. The SMILES string of the molecule is CC(C)N1C(=O)c2ccc(C(=O)NCc3ccc(F)c(Cl)c3)cc2S1(=O)=O. The highest BCUT2D eigenvalue weighted by Gasteiger charge is 2.42. The predicted molar refractivity (Wildman–Crippen MR) is 97.5 cm³/mol. The molecule has 2 amide bonds. The largest absolute Gasteiger partial charge is 0.348 e. The molecule has 0 saturated carbocycles. The maximum absolute atomic E-state index is 13.2. The minimum atomic E-state index is -3.98. The number of nitrogens with zero attached hydrogens (tertiary/aromatic N) is 1. The van der Waals surface area contributed by atoms with Gasteiger partial charge >= 0.3 is 0 Å². The van der Waals surface area contributed by atoms with Crippen LogP contribution in [0.5, 0.6) is 0 Å². The lowest BCUT2D eigenvalue weighted by atomic mass is 10.1. The molecule has 6 nitrogen and oxygen atoms in total. The summed E-state index contributed by atoms with van der Waals surface area (Å²) in [4.78, 5) is 24.5. The lowest BCUT2D eigenvalue weighted by Crippen LogP contribution is -2.36. The first-order valence-corrected chi connectivity index (χ1v) is 9.89. The van der Waals surface area contributed by atoms with E-state index >= 15 is 0 Å². The molecule has 0 spiro atoms. The molecule has 27 heavy (non-hydrogen) atoms. The van der Waals surface area contributed by atoms with E-state index in [4.69, 9.17) is 11.6 Å². The van der Waals surface area contributed by atoms with Gasteiger partial charge in [-0.1, -0.05) is 17.7 Å². The number of carbonyl (C=O) groups excluding carboxylic acids is 2. The van der Waals surface area contributed by atoms with Crippen LogP contribution in [0.1, 0.15) is 40.1 Å². The monoisotopic (exact) mass is 410 g/mol. The number of hydrogen-bond donors (Lipinski definition) is 1. The first kappa shape index (κ1) is 19.3. The number of carbonyl (C=O) groups is 2. The number of benzene rings is 2. The van der Waals surface area contributed by atoms with Gasteiger partial charge in [-0.3, -0.25) is 9.59 Å². The van der Waals surface area contributed by atoms with E-state index in [1.54, 1.807) is 13.8 Å². The van der Waals surface area contributed by atoms with Crippen molar-refractivity contribution in [2.45, 2.75) is 31.3 Å². The van der Waals surface area contributed by atoms with E-state index in [2.05, 4.69) is 5.32 Å². The van der Waals surface area contributed by atoms with E-state index in [-0.39, 0.29) is 27.6 Å². The van der Waals surface area contributed by atoms with E-state index in [9.17, 15) is 22.4 Å². The molecule has 0 saturated heterocycles. The normalized spacial score (nSPS) is 15.1.